The van der Waals surface area contributed by atoms with E-state index < -0.39 is 0 Å². The van der Waals surface area contributed by atoms with Crippen LogP contribution in [-0.4, -0.2) is 9.55 Å². The van der Waals surface area contributed by atoms with Gasteiger partial charge in [0.05, 0.1) is 11.4 Å². The van der Waals surface area contributed by atoms with Gasteiger partial charge in [-0.3, -0.25) is 0 Å². The van der Waals surface area contributed by atoms with Crippen LogP contribution < -0.4 is 11.5 Å². The van der Waals surface area contributed by atoms with Gasteiger partial charge in [0.15, 0.2) is 0 Å². The highest BCUT2D eigenvalue weighted by atomic mass is 15.1. The molecule has 30 heavy (non-hydrogen) atoms. The van der Waals surface area contributed by atoms with Crippen LogP contribution in [-0.2, 0) is 6.54 Å². The van der Waals surface area contributed by atoms with Gasteiger partial charge in [0.25, 0.3) is 0 Å². The molecule has 3 aromatic rings. The lowest BCUT2D eigenvalue weighted by Gasteiger charge is -2.21. The van der Waals surface area contributed by atoms with Crippen LogP contribution in [0.1, 0.15) is 60.7 Å². The molecule has 1 heterocycles. The smallest absolute Gasteiger partial charge is 0.116 e. The van der Waals surface area contributed by atoms with Gasteiger partial charge in [-0.1, -0.05) is 85.0 Å². The lowest BCUT2D eigenvalue weighted by atomic mass is 9.88. The number of benzene rings is 2. The molecule has 2 aromatic carbocycles. The molecule has 1 aliphatic carbocycles. The molecule has 4 heteroatoms. The van der Waals surface area contributed by atoms with Gasteiger partial charge in [0.2, 0.25) is 0 Å². The Morgan fingerprint density at radius 2 is 1.57 bits per heavy atom. The Morgan fingerprint density at radius 1 is 0.933 bits per heavy atom. The first kappa shape index (κ1) is 21.8. The van der Waals surface area contributed by atoms with Crippen molar-refractivity contribution in [3.8, 4) is 11.3 Å². The van der Waals surface area contributed by atoms with Crippen molar-refractivity contribution in [2.45, 2.75) is 58.4 Å². The molecular formula is C26H34N4. The fourth-order valence-electron chi connectivity index (χ4n) is 4.06. The summed E-state index contributed by atoms with van der Waals surface area (Å²) < 4.78 is 2.12. The van der Waals surface area contributed by atoms with Crippen molar-refractivity contribution in [2.24, 2.45) is 11.5 Å². The van der Waals surface area contributed by atoms with Crippen LogP contribution in [0.25, 0.3) is 17.5 Å². The van der Waals surface area contributed by atoms with Gasteiger partial charge in [0.1, 0.15) is 5.82 Å². The monoisotopic (exact) mass is 402 g/mol. The minimum absolute atomic E-state index is 0.452. The van der Waals surface area contributed by atoms with Crippen LogP contribution in [0.3, 0.4) is 0 Å². The molecule has 0 bridgehead atoms. The quantitative estimate of drug-likeness (QED) is 0.584. The normalized spacial score (nSPS) is 14.5. The van der Waals surface area contributed by atoms with Gasteiger partial charge in [-0.2, -0.15) is 0 Å². The molecule has 0 radical (unpaired) electrons. The first-order valence-corrected chi connectivity index (χ1v) is 10.9. The van der Waals surface area contributed by atoms with Gasteiger partial charge in [-0.05, 0) is 26.7 Å². The molecule has 1 fully saturated rings. The summed E-state index contributed by atoms with van der Waals surface area (Å²) in [6, 6.07) is 18.7. The first-order chi connectivity index (χ1) is 14.6. The Kier molecular flexibility index (Phi) is 7.86. The maximum absolute atomic E-state index is 6.06. The van der Waals surface area contributed by atoms with Crippen molar-refractivity contribution in [3.63, 3.8) is 0 Å². The summed E-state index contributed by atoms with van der Waals surface area (Å²) in [4.78, 5) is 5.00. The average Bonchev–Trinajstić information content (AvgIpc) is 3.14. The Labute approximate surface area is 180 Å². The highest BCUT2D eigenvalue weighted by Crippen LogP contribution is 2.35. The Bertz CT molecular complexity index is 933. The fourth-order valence-corrected chi connectivity index (χ4v) is 4.06. The van der Waals surface area contributed by atoms with Gasteiger partial charge >= 0.3 is 0 Å². The number of nitrogens with zero attached hydrogens (tertiary/aromatic N) is 2. The minimum atomic E-state index is 0.452. The minimum Gasteiger partial charge on any atom is -0.403 e. The molecular weight excluding hydrogens is 368 g/mol. The number of imidazole rings is 1. The van der Waals surface area contributed by atoms with Crippen LogP contribution in [0.2, 0.25) is 0 Å². The van der Waals surface area contributed by atoms with E-state index in [0.717, 1.165) is 22.8 Å². The lowest BCUT2D eigenvalue weighted by Crippen LogP contribution is -2.12. The zero-order valence-corrected chi connectivity index (χ0v) is 18.2. The van der Waals surface area contributed by atoms with E-state index in [1.165, 1.54) is 43.2 Å². The second kappa shape index (κ2) is 10.8. The van der Waals surface area contributed by atoms with Crippen LogP contribution in [0.4, 0.5) is 0 Å². The van der Waals surface area contributed by atoms with Gasteiger partial charge < -0.3 is 16.0 Å². The molecule has 0 amide bonds. The van der Waals surface area contributed by atoms with Crippen LogP contribution in [0.15, 0.2) is 60.8 Å². The van der Waals surface area contributed by atoms with E-state index in [1.54, 1.807) is 6.20 Å². The number of aryl methyl sites for hydroxylation is 2. The zero-order valence-electron chi connectivity index (χ0n) is 18.2. The van der Waals surface area contributed by atoms with E-state index in [0.29, 0.717) is 12.5 Å². The molecule has 1 aliphatic rings. The van der Waals surface area contributed by atoms with E-state index in [1.807, 2.05) is 24.4 Å². The third-order valence-corrected chi connectivity index (χ3v) is 5.70. The lowest BCUT2D eigenvalue weighted by molar-refractivity contribution is 0.426. The molecule has 0 saturated heterocycles. The van der Waals surface area contributed by atoms with E-state index in [2.05, 4.69) is 54.8 Å². The summed E-state index contributed by atoms with van der Waals surface area (Å²) in [6.07, 6.45) is 9.77. The first-order valence-electron chi connectivity index (χ1n) is 10.9. The molecule has 0 atom stereocenters. The molecule has 0 spiro atoms. The predicted octanol–water partition coefficient (Wildman–Crippen LogP) is 5.75. The molecule has 4 rings (SSSR count). The predicted molar refractivity (Wildman–Crippen MR) is 127 cm³/mol. The second-order valence-corrected chi connectivity index (χ2v) is 8.04. The van der Waals surface area contributed by atoms with Crippen molar-refractivity contribution < 1.29 is 0 Å². The summed E-state index contributed by atoms with van der Waals surface area (Å²) in [5, 5.41) is 0. The van der Waals surface area contributed by atoms with Gasteiger partial charge in [0, 0.05) is 30.4 Å². The van der Waals surface area contributed by atoms with Crippen LogP contribution in [0.5, 0.6) is 0 Å². The average molecular weight is 403 g/mol. The zero-order chi connectivity index (χ0) is 21.3. The van der Waals surface area contributed by atoms with Crippen molar-refractivity contribution in [2.75, 3.05) is 0 Å². The van der Waals surface area contributed by atoms with Gasteiger partial charge in [-0.15, -0.1) is 0 Å². The number of hydrogen-bond donors (Lipinski definition) is 2. The van der Waals surface area contributed by atoms with Crippen molar-refractivity contribution in [3.05, 3.63) is 83.4 Å². The van der Waals surface area contributed by atoms with E-state index >= 15 is 0 Å². The Morgan fingerprint density at radius 3 is 2.10 bits per heavy atom. The van der Waals surface area contributed by atoms with Crippen molar-refractivity contribution in [1.82, 2.24) is 9.55 Å². The molecule has 1 aromatic heterocycles. The molecule has 4 N–H and O–H groups in total. The standard InChI is InChI=1S/C19H26N4.C7H8/c1-14-7-9-15(10-8-14)18-17(13-21)23(12-11-20)19(22-18)16-5-3-2-4-6-16;1-7-5-3-2-4-6-7/h7-12,16H,2-6,13,20-21H2,1H3;2-6H,1H3/b12-11-;. The van der Waals surface area contributed by atoms with Crippen molar-refractivity contribution in [1.29, 1.82) is 0 Å². The maximum Gasteiger partial charge on any atom is 0.116 e. The summed E-state index contributed by atoms with van der Waals surface area (Å²) in [6.45, 7) is 4.63. The molecule has 0 aliphatic heterocycles. The number of hydrogen-bond acceptors (Lipinski definition) is 3. The second-order valence-electron chi connectivity index (χ2n) is 8.04. The fraction of sp³-hybridized carbons (Fsp3) is 0.346. The maximum atomic E-state index is 6.06. The molecule has 4 nitrogen and oxygen atoms in total. The number of rotatable bonds is 4. The highest BCUT2D eigenvalue weighted by molar-refractivity contribution is 5.64. The number of aromatic nitrogens is 2. The molecule has 1 saturated carbocycles. The van der Waals surface area contributed by atoms with Crippen LogP contribution in [0, 0.1) is 13.8 Å². The summed E-state index contributed by atoms with van der Waals surface area (Å²) in [7, 11) is 0. The topological polar surface area (TPSA) is 69.9 Å². The van der Waals surface area contributed by atoms with E-state index in [-0.39, 0.29) is 0 Å². The van der Waals surface area contributed by atoms with E-state index in [9.17, 15) is 0 Å². The summed E-state index contributed by atoms with van der Waals surface area (Å²) in [5.41, 5.74) is 17.5. The van der Waals surface area contributed by atoms with Crippen molar-refractivity contribution >= 4 is 6.20 Å². The molecule has 158 valence electrons. The third-order valence-electron chi connectivity index (χ3n) is 5.70. The SMILES string of the molecule is Cc1ccc(-c2nc(C3CCCCC3)n(/C=C\N)c2CN)cc1.Cc1ccccc1. The molecule has 0 unspecified atom stereocenters. The summed E-state index contributed by atoms with van der Waals surface area (Å²) in [5.74, 6) is 1.62. The Hall–Kier alpha value is -2.85. The summed E-state index contributed by atoms with van der Waals surface area (Å²) >= 11 is 0. The van der Waals surface area contributed by atoms with Gasteiger partial charge in [-0.25, -0.2) is 4.98 Å². The largest absolute Gasteiger partial charge is 0.403 e. The highest BCUT2D eigenvalue weighted by Gasteiger charge is 2.24. The Balaban J connectivity index is 0.000000310. The van der Waals surface area contributed by atoms with E-state index in [4.69, 9.17) is 16.5 Å². The van der Waals surface area contributed by atoms with Crippen LogP contribution >= 0.6 is 0 Å². The third kappa shape index (κ3) is 5.39. The number of nitrogens with two attached hydrogens (primary N) is 2.